The molecule has 0 spiro atoms. The van der Waals surface area contributed by atoms with Gasteiger partial charge in [0.25, 0.3) is 0 Å². The minimum Gasteiger partial charge on any atom is -0.493 e. The Morgan fingerprint density at radius 3 is 2.50 bits per heavy atom. The number of nitrogens with one attached hydrogen (secondary N) is 1. The SMILES string of the molecule is CCCCCCCNCc1ccc(OC(C)CC)c(OC)c1. The monoisotopic (exact) mass is 307 g/mol. The van der Waals surface area contributed by atoms with Crippen LogP contribution in [0.25, 0.3) is 0 Å². The summed E-state index contributed by atoms with van der Waals surface area (Å²) in [5, 5.41) is 3.50. The van der Waals surface area contributed by atoms with Crippen molar-refractivity contribution in [3.8, 4) is 11.5 Å². The first-order valence-corrected chi connectivity index (χ1v) is 8.75. The van der Waals surface area contributed by atoms with Gasteiger partial charge in [-0.25, -0.2) is 0 Å². The molecular formula is C19H33NO2. The van der Waals surface area contributed by atoms with Crippen LogP contribution in [0.2, 0.25) is 0 Å². The lowest BCUT2D eigenvalue weighted by Crippen LogP contribution is -2.15. The lowest BCUT2D eigenvalue weighted by molar-refractivity contribution is 0.207. The molecule has 0 aliphatic rings. The van der Waals surface area contributed by atoms with Crippen LogP contribution >= 0.6 is 0 Å². The van der Waals surface area contributed by atoms with E-state index in [0.717, 1.165) is 31.0 Å². The molecule has 22 heavy (non-hydrogen) atoms. The van der Waals surface area contributed by atoms with E-state index in [4.69, 9.17) is 9.47 Å². The van der Waals surface area contributed by atoms with E-state index < -0.39 is 0 Å². The summed E-state index contributed by atoms with van der Waals surface area (Å²) in [4.78, 5) is 0. The van der Waals surface area contributed by atoms with Crippen molar-refractivity contribution in [2.24, 2.45) is 0 Å². The zero-order valence-corrected chi connectivity index (χ0v) is 14.8. The van der Waals surface area contributed by atoms with Gasteiger partial charge in [0, 0.05) is 6.54 Å². The van der Waals surface area contributed by atoms with Crippen LogP contribution in [0.4, 0.5) is 0 Å². The summed E-state index contributed by atoms with van der Waals surface area (Å²) < 4.78 is 11.3. The number of ether oxygens (including phenoxy) is 2. The number of rotatable bonds is 12. The van der Waals surface area contributed by atoms with Crippen LogP contribution in [0.5, 0.6) is 11.5 Å². The number of hydrogen-bond acceptors (Lipinski definition) is 3. The molecule has 0 aromatic heterocycles. The van der Waals surface area contributed by atoms with Crippen molar-refractivity contribution in [3.63, 3.8) is 0 Å². The Balaban J connectivity index is 2.38. The summed E-state index contributed by atoms with van der Waals surface area (Å²) in [6.07, 6.45) is 7.80. The van der Waals surface area contributed by atoms with Crippen LogP contribution in [0.15, 0.2) is 18.2 Å². The third kappa shape index (κ3) is 7.17. The average molecular weight is 307 g/mol. The predicted molar refractivity (Wildman–Crippen MR) is 93.8 cm³/mol. The molecular weight excluding hydrogens is 274 g/mol. The Bertz CT molecular complexity index is 406. The lowest BCUT2D eigenvalue weighted by Gasteiger charge is -2.16. The Hall–Kier alpha value is -1.22. The zero-order chi connectivity index (χ0) is 16.2. The molecule has 126 valence electrons. The molecule has 3 heteroatoms. The Morgan fingerprint density at radius 2 is 1.82 bits per heavy atom. The molecule has 1 aromatic carbocycles. The molecule has 0 saturated carbocycles. The number of unbranched alkanes of at least 4 members (excludes halogenated alkanes) is 4. The van der Waals surface area contributed by atoms with Gasteiger partial charge in [0.05, 0.1) is 13.2 Å². The predicted octanol–water partition coefficient (Wildman–Crippen LogP) is 4.93. The number of hydrogen-bond donors (Lipinski definition) is 1. The molecule has 0 amide bonds. The van der Waals surface area contributed by atoms with Gasteiger partial charge in [-0.3, -0.25) is 0 Å². The summed E-state index contributed by atoms with van der Waals surface area (Å²) in [7, 11) is 1.70. The van der Waals surface area contributed by atoms with Crippen molar-refractivity contribution in [2.75, 3.05) is 13.7 Å². The second-order valence-electron chi connectivity index (χ2n) is 5.91. The van der Waals surface area contributed by atoms with Crippen LogP contribution in [-0.2, 0) is 6.54 Å². The van der Waals surface area contributed by atoms with Crippen molar-refractivity contribution >= 4 is 0 Å². The van der Waals surface area contributed by atoms with Crippen LogP contribution in [0.3, 0.4) is 0 Å². The van der Waals surface area contributed by atoms with E-state index in [1.807, 2.05) is 6.07 Å². The van der Waals surface area contributed by atoms with Crippen molar-refractivity contribution in [1.29, 1.82) is 0 Å². The quantitative estimate of drug-likeness (QED) is 0.555. The largest absolute Gasteiger partial charge is 0.493 e. The molecule has 3 nitrogen and oxygen atoms in total. The van der Waals surface area contributed by atoms with E-state index in [1.165, 1.54) is 37.7 Å². The van der Waals surface area contributed by atoms with E-state index in [9.17, 15) is 0 Å². The van der Waals surface area contributed by atoms with Crippen LogP contribution < -0.4 is 14.8 Å². The normalized spacial score (nSPS) is 12.2. The fourth-order valence-corrected chi connectivity index (χ4v) is 2.31. The number of methoxy groups -OCH3 is 1. The van der Waals surface area contributed by atoms with Crippen molar-refractivity contribution in [1.82, 2.24) is 5.32 Å². The van der Waals surface area contributed by atoms with Gasteiger partial charge in [0.15, 0.2) is 11.5 Å². The molecule has 1 rings (SSSR count). The van der Waals surface area contributed by atoms with Crippen LogP contribution in [0.1, 0.15) is 64.9 Å². The Kier molecular flexibility index (Phi) is 9.72. The van der Waals surface area contributed by atoms with Crippen LogP contribution in [0, 0.1) is 0 Å². The van der Waals surface area contributed by atoms with Crippen LogP contribution in [-0.4, -0.2) is 19.8 Å². The summed E-state index contributed by atoms with van der Waals surface area (Å²) in [6, 6.07) is 6.20. The van der Waals surface area contributed by atoms with Gasteiger partial charge >= 0.3 is 0 Å². The fourth-order valence-electron chi connectivity index (χ4n) is 2.31. The first-order valence-electron chi connectivity index (χ1n) is 8.75. The molecule has 1 N–H and O–H groups in total. The molecule has 1 unspecified atom stereocenters. The van der Waals surface area contributed by atoms with Gasteiger partial charge in [-0.15, -0.1) is 0 Å². The Labute approximate surface area is 136 Å². The van der Waals surface area contributed by atoms with E-state index in [2.05, 4.69) is 38.2 Å². The maximum Gasteiger partial charge on any atom is 0.161 e. The Morgan fingerprint density at radius 1 is 1.05 bits per heavy atom. The molecule has 0 radical (unpaired) electrons. The first kappa shape index (κ1) is 18.8. The first-order chi connectivity index (χ1) is 10.7. The molecule has 0 heterocycles. The highest BCUT2D eigenvalue weighted by Gasteiger charge is 2.08. The number of benzene rings is 1. The maximum absolute atomic E-state index is 5.88. The molecule has 1 atom stereocenters. The van der Waals surface area contributed by atoms with E-state index >= 15 is 0 Å². The maximum atomic E-state index is 5.88. The lowest BCUT2D eigenvalue weighted by atomic mass is 10.1. The molecule has 0 fully saturated rings. The second kappa shape index (κ2) is 11.4. The zero-order valence-electron chi connectivity index (χ0n) is 14.8. The molecule has 0 aliphatic carbocycles. The highest BCUT2D eigenvalue weighted by Crippen LogP contribution is 2.29. The smallest absolute Gasteiger partial charge is 0.161 e. The third-order valence-electron chi connectivity index (χ3n) is 3.92. The topological polar surface area (TPSA) is 30.5 Å². The second-order valence-corrected chi connectivity index (χ2v) is 5.91. The van der Waals surface area contributed by atoms with E-state index in [-0.39, 0.29) is 6.10 Å². The summed E-state index contributed by atoms with van der Waals surface area (Å²) in [5.74, 6) is 1.66. The fraction of sp³-hybridized carbons (Fsp3) is 0.684. The minimum absolute atomic E-state index is 0.209. The average Bonchev–Trinajstić information content (AvgIpc) is 2.54. The summed E-state index contributed by atoms with van der Waals surface area (Å²) in [5.41, 5.74) is 1.24. The standard InChI is InChI=1S/C19H33NO2/c1-5-7-8-9-10-13-20-15-17-11-12-18(19(14-17)21-4)22-16(3)6-2/h11-12,14,16,20H,5-10,13,15H2,1-4H3. The van der Waals surface area contributed by atoms with Gasteiger partial charge in [-0.1, -0.05) is 45.6 Å². The molecule has 0 aliphatic heterocycles. The van der Waals surface area contributed by atoms with Gasteiger partial charge in [-0.2, -0.15) is 0 Å². The van der Waals surface area contributed by atoms with Gasteiger partial charge in [-0.05, 0) is 44.0 Å². The highest BCUT2D eigenvalue weighted by atomic mass is 16.5. The van der Waals surface area contributed by atoms with Gasteiger partial charge in [0.1, 0.15) is 0 Å². The van der Waals surface area contributed by atoms with E-state index in [0.29, 0.717) is 0 Å². The minimum atomic E-state index is 0.209. The van der Waals surface area contributed by atoms with Crippen molar-refractivity contribution in [2.45, 2.75) is 71.9 Å². The molecule has 1 aromatic rings. The highest BCUT2D eigenvalue weighted by molar-refractivity contribution is 5.43. The summed E-state index contributed by atoms with van der Waals surface area (Å²) >= 11 is 0. The van der Waals surface area contributed by atoms with Gasteiger partial charge in [0.2, 0.25) is 0 Å². The van der Waals surface area contributed by atoms with Crippen molar-refractivity contribution in [3.05, 3.63) is 23.8 Å². The van der Waals surface area contributed by atoms with Gasteiger partial charge < -0.3 is 14.8 Å². The summed E-state index contributed by atoms with van der Waals surface area (Å²) in [6.45, 7) is 8.41. The van der Waals surface area contributed by atoms with E-state index in [1.54, 1.807) is 7.11 Å². The van der Waals surface area contributed by atoms with Crippen molar-refractivity contribution < 1.29 is 9.47 Å². The molecule has 0 bridgehead atoms. The molecule has 0 saturated heterocycles. The third-order valence-corrected chi connectivity index (χ3v) is 3.92.